The van der Waals surface area contributed by atoms with E-state index in [-0.39, 0.29) is 0 Å². The van der Waals surface area contributed by atoms with Crippen LogP contribution in [0, 0.1) is 0 Å². The molecular formula is C11H8F6O5S2. The molecule has 0 heterocycles. The van der Waals surface area contributed by atoms with Gasteiger partial charge in [0, 0.05) is 0 Å². The van der Waals surface area contributed by atoms with E-state index in [1.165, 1.54) is 6.08 Å². The van der Waals surface area contributed by atoms with Gasteiger partial charge in [0.2, 0.25) is 10.7 Å². The summed E-state index contributed by atoms with van der Waals surface area (Å²) in [6.07, 6.45) is 1.27. The third-order valence-electron chi connectivity index (χ3n) is 2.61. The smallest absolute Gasteiger partial charge is 0.378 e. The molecule has 1 aromatic rings. The molecule has 0 saturated heterocycles. The van der Waals surface area contributed by atoms with Gasteiger partial charge in [0.1, 0.15) is 5.75 Å². The topological polar surface area (TPSA) is 77.5 Å². The van der Waals surface area contributed by atoms with Gasteiger partial charge in [-0.05, 0) is 17.7 Å². The zero-order chi connectivity index (χ0) is 19.0. The van der Waals surface area contributed by atoms with Crippen LogP contribution < -0.4 is 4.18 Å². The van der Waals surface area contributed by atoms with Gasteiger partial charge in [-0.3, -0.25) is 0 Å². The van der Waals surface area contributed by atoms with Gasteiger partial charge >= 0.3 is 26.5 Å². The van der Waals surface area contributed by atoms with E-state index in [1.54, 1.807) is 0 Å². The Kier molecular flexibility index (Phi) is 5.30. The van der Waals surface area contributed by atoms with Crippen molar-refractivity contribution >= 4 is 26.9 Å². The van der Waals surface area contributed by atoms with Crippen molar-refractivity contribution in [2.24, 2.45) is 0 Å². The van der Waals surface area contributed by atoms with Crippen LogP contribution in [0.5, 0.6) is 5.75 Å². The van der Waals surface area contributed by atoms with Crippen LogP contribution in [0.25, 0.3) is 6.08 Å². The number of hydrogen-bond acceptors (Lipinski definition) is 5. The predicted molar refractivity (Wildman–Crippen MR) is 71.2 cm³/mol. The molecule has 0 spiro atoms. The number of alkyl halides is 6. The van der Waals surface area contributed by atoms with Gasteiger partial charge in [0.15, 0.2) is 0 Å². The minimum atomic E-state index is -6.77. The van der Waals surface area contributed by atoms with Crippen LogP contribution in [0.2, 0.25) is 0 Å². The van der Waals surface area contributed by atoms with E-state index in [0.29, 0.717) is 5.56 Å². The molecule has 136 valence electrons. The largest absolute Gasteiger partial charge is 0.450 e. The van der Waals surface area contributed by atoms with Crippen molar-refractivity contribution in [3.8, 4) is 5.75 Å². The van der Waals surface area contributed by atoms with Crippen LogP contribution in [-0.2, 0) is 20.8 Å². The fourth-order valence-corrected chi connectivity index (χ4v) is 2.64. The Hall–Kier alpha value is -1.76. The Morgan fingerprint density at radius 1 is 1.00 bits per heavy atom. The van der Waals surface area contributed by atoms with E-state index in [0.717, 1.165) is 24.3 Å². The Labute approximate surface area is 133 Å². The monoisotopic (exact) mass is 398 g/mol. The molecule has 1 rings (SSSR count). The molecule has 13 heteroatoms. The van der Waals surface area contributed by atoms with Crippen LogP contribution in [0.4, 0.5) is 26.3 Å². The summed E-state index contributed by atoms with van der Waals surface area (Å²) in [6, 6.07) is 3.76. The molecule has 5 nitrogen and oxygen atoms in total. The lowest BCUT2D eigenvalue weighted by Crippen LogP contribution is -2.59. The summed E-state index contributed by atoms with van der Waals surface area (Å²) in [5.41, 5.74) is 0.381. The maximum Gasteiger partial charge on any atom is 0.450 e. The summed E-state index contributed by atoms with van der Waals surface area (Å²) in [5.74, 6) is -7.65. The Morgan fingerprint density at radius 2 is 1.46 bits per heavy atom. The molecule has 0 atom stereocenters. The van der Waals surface area contributed by atoms with Gasteiger partial charge in [-0.15, -0.1) is 0 Å². The normalized spacial score (nSPS) is 13.8. The average molecular weight is 398 g/mol. The van der Waals surface area contributed by atoms with Crippen molar-refractivity contribution in [3.63, 3.8) is 0 Å². The maximum atomic E-state index is 13.4. The van der Waals surface area contributed by atoms with Crippen LogP contribution in [0.3, 0.4) is 0 Å². The third-order valence-corrected chi connectivity index (χ3v) is 4.64. The van der Waals surface area contributed by atoms with Crippen LogP contribution in [-0.4, -0.2) is 33.3 Å². The highest BCUT2D eigenvalue weighted by Crippen LogP contribution is 2.49. The van der Waals surface area contributed by atoms with Crippen molar-refractivity contribution < 1.29 is 47.4 Å². The first-order chi connectivity index (χ1) is 10.7. The van der Waals surface area contributed by atoms with E-state index in [9.17, 15) is 43.2 Å². The molecule has 0 aliphatic rings. The first-order valence-corrected chi connectivity index (χ1v) is 8.23. The lowest BCUT2D eigenvalue weighted by atomic mass is 10.2. The second-order valence-electron chi connectivity index (χ2n) is 4.20. The Bertz CT molecular complexity index is 791. The third kappa shape index (κ3) is 3.22. The summed E-state index contributed by atoms with van der Waals surface area (Å²) >= 11 is 0. The second kappa shape index (κ2) is 6.27. The standard InChI is InChI=1S/C11H8F6O5S2/c1-2-7-3-5-8(6-4-7)22-24(20,21)11(16,17)9(12,13)10(14,15)23(18)19/h2-6,23H,1H2. The zero-order valence-corrected chi connectivity index (χ0v) is 13.0. The fourth-order valence-electron chi connectivity index (χ4n) is 1.29. The molecule has 0 N–H and O–H groups in total. The van der Waals surface area contributed by atoms with E-state index < -0.39 is 43.0 Å². The molecule has 0 saturated carbocycles. The Balaban J connectivity index is 3.30. The molecule has 0 radical (unpaired) electrons. The summed E-state index contributed by atoms with van der Waals surface area (Å²) in [5, 5.41) is -12.9. The molecule has 0 bridgehead atoms. The Morgan fingerprint density at radius 3 is 1.83 bits per heavy atom. The number of thiol groups is 1. The van der Waals surface area contributed by atoms with Crippen LogP contribution >= 0.6 is 0 Å². The SMILES string of the molecule is C=Cc1ccc(OS(=O)(=O)C(F)(F)C(F)(F)C(F)(F)[SH](=O)=O)cc1. The summed E-state index contributed by atoms with van der Waals surface area (Å²) < 4.78 is 125. The van der Waals surface area contributed by atoms with E-state index >= 15 is 0 Å². The highest BCUT2D eigenvalue weighted by molar-refractivity contribution is 7.88. The fraction of sp³-hybridized carbons (Fsp3) is 0.273. The molecular weight excluding hydrogens is 390 g/mol. The summed E-state index contributed by atoms with van der Waals surface area (Å²) in [6.45, 7) is 3.33. The molecule has 0 aromatic heterocycles. The van der Waals surface area contributed by atoms with Gasteiger partial charge < -0.3 is 4.18 Å². The highest BCUT2D eigenvalue weighted by atomic mass is 32.2. The number of benzene rings is 1. The first kappa shape index (κ1) is 20.3. The quantitative estimate of drug-likeness (QED) is 0.434. The van der Waals surface area contributed by atoms with Gasteiger partial charge in [-0.25, -0.2) is 8.42 Å². The van der Waals surface area contributed by atoms with Crippen molar-refractivity contribution in [1.29, 1.82) is 0 Å². The zero-order valence-electron chi connectivity index (χ0n) is 11.3. The van der Waals surface area contributed by atoms with E-state index in [4.69, 9.17) is 0 Å². The second-order valence-corrected chi connectivity index (χ2v) is 6.86. The molecule has 0 unspecified atom stereocenters. The molecule has 24 heavy (non-hydrogen) atoms. The maximum absolute atomic E-state index is 13.4. The molecule has 1 aromatic carbocycles. The van der Waals surface area contributed by atoms with Crippen molar-refractivity contribution in [2.45, 2.75) is 16.4 Å². The van der Waals surface area contributed by atoms with Crippen LogP contribution in [0.15, 0.2) is 30.8 Å². The number of halogens is 6. The van der Waals surface area contributed by atoms with Crippen molar-refractivity contribution in [3.05, 3.63) is 36.4 Å². The average Bonchev–Trinajstić information content (AvgIpc) is 2.46. The molecule has 0 aliphatic carbocycles. The van der Waals surface area contributed by atoms with Gasteiger partial charge in [0.05, 0.1) is 0 Å². The summed E-state index contributed by atoms with van der Waals surface area (Å²) in [4.78, 5) is 0. The molecule has 0 amide bonds. The van der Waals surface area contributed by atoms with Gasteiger partial charge in [-0.2, -0.15) is 34.8 Å². The predicted octanol–water partition coefficient (Wildman–Crippen LogP) is 2.47. The molecule has 0 aliphatic heterocycles. The minimum Gasteiger partial charge on any atom is -0.378 e. The first-order valence-electron chi connectivity index (χ1n) is 5.65. The molecule has 0 fully saturated rings. The lowest BCUT2D eigenvalue weighted by molar-refractivity contribution is -0.244. The van der Waals surface area contributed by atoms with Gasteiger partial charge in [-0.1, -0.05) is 24.8 Å². The lowest BCUT2D eigenvalue weighted by Gasteiger charge is -2.28. The number of hydrogen-bond donors (Lipinski definition) is 1. The minimum absolute atomic E-state index is 0.381. The number of rotatable bonds is 7. The highest BCUT2D eigenvalue weighted by Gasteiger charge is 2.80. The van der Waals surface area contributed by atoms with Crippen molar-refractivity contribution in [2.75, 3.05) is 0 Å². The van der Waals surface area contributed by atoms with E-state index in [1.807, 2.05) is 0 Å². The summed E-state index contributed by atoms with van der Waals surface area (Å²) in [7, 11) is -12.1. The van der Waals surface area contributed by atoms with Gasteiger partial charge in [0.25, 0.3) is 0 Å². The van der Waals surface area contributed by atoms with Crippen LogP contribution in [0.1, 0.15) is 5.56 Å². The van der Waals surface area contributed by atoms with E-state index in [2.05, 4.69) is 10.8 Å². The van der Waals surface area contributed by atoms with Crippen molar-refractivity contribution in [1.82, 2.24) is 0 Å².